The summed E-state index contributed by atoms with van der Waals surface area (Å²) < 4.78 is 5.23. The van der Waals surface area contributed by atoms with Crippen molar-refractivity contribution in [2.45, 2.75) is 50.4 Å². The van der Waals surface area contributed by atoms with Gasteiger partial charge in [0, 0.05) is 32.0 Å². The van der Waals surface area contributed by atoms with Gasteiger partial charge in [0.1, 0.15) is 24.4 Å². The molecule has 1 saturated heterocycles. The molecule has 1 rings (SSSR count). The molecular formula is C14H29N3O6. The Balaban J connectivity index is 0.00000232. The Morgan fingerprint density at radius 1 is 1.17 bits per heavy atom. The molecule has 0 bridgehead atoms. The van der Waals surface area contributed by atoms with Crippen LogP contribution in [0, 0.1) is 0 Å². The minimum Gasteiger partial charge on any atom is -0.403 e. The van der Waals surface area contributed by atoms with Crippen molar-refractivity contribution < 1.29 is 30.0 Å². The lowest BCUT2D eigenvalue weighted by atomic mass is 9.98. The highest BCUT2D eigenvalue weighted by molar-refractivity contribution is 5.57. The van der Waals surface area contributed by atoms with Crippen molar-refractivity contribution >= 4 is 6.29 Å². The number of nitrogens with two attached hydrogens (primary N) is 1. The van der Waals surface area contributed by atoms with Gasteiger partial charge in [0.05, 0.1) is 0 Å². The Kier molecular flexibility index (Phi) is 11.6. The normalized spacial score (nSPS) is 31.0. The molecule has 0 amide bonds. The van der Waals surface area contributed by atoms with Crippen LogP contribution in [-0.4, -0.2) is 77.6 Å². The standard InChI is InChI=1S/C13H25N3O5.CH4O/c1-2-4-15-5-3-8(6-14)16-13-12(20)11(19)10(18)9(7-17)21-13;1-2/h6-7,9-13,15-16,18-20H,2-5,14H2,1H3;2H,1H3/b8-6-;. The number of nitrogens with one attached hydrogen (secondary N) is 2. The van der Waals surface area contributed by atoms with Crippen LogP contribution in [0.15, 0.2) is 11.9 Å². The molecule has 136 valence electrons. The molecule has 9 nitrogen and oxygen atoms in total. The molecule has 1 heterocycles. The second-order valence-corrected chi connectivity index (χ2v) is 4.97. The lowest BCUT2D eigenvalue weighted by Gasteiger charge is -2.39. The molecule has 1 aliphatic heterocycles. The summed E-state index contributed by atoms with van der Waals surface area (Å²) in [5, 5.41) is 42.2. The number of rotatable bonds is 8. The van der Waals surface area contributed by atoms with Crippen LogP contribution in [0.25, 0.3) is 0 Å². The van der Waals surface area contributed by atoms with Gasteiger partial charge in [0.25, 0.3) is 0 Å². The summed E-state index contributed by atoms with van der Waals surface area (Å²) in [6.45, 7) is 3.64. The fourth-order valence-corrected chi connectivity index (χ4v) is 2.05. The van der Waals surface area contributed by atoms with Crippen molar-refractivity contribution in [2.75, 3.05) is 20.2 Å². The maximum absolute atomic E-state index is 10.8. The van der Waals surface area contributed by atoms with E-state index in [4.69, 9.17) is 15.6 Å². The van der Waals surface area contributed by atoms with Gasteiger partial charge in [-0.3, -0.25) is 0 Å². The molecule has 5 atom stereocenters. The van der Waals surface area contributed by atoms with Crippen LogP contribution in [0.4, 0.5) is 0 Å². The van der Waals surface area contributed by atoms with Crippen molar-refractivity contribution in [3.05, 3.63) is 11.9 Å². The molecule has 1 aliphatic rings. The van der Waals surface area contributed by atoms with E-state index in [1.54, 1.807) is 0 Å². The minimum atomic E-state index is -1.47. The zero-order valence-corrected chi connectivity index (χ0v) is 13.6. The van der Waals surface area contributed by atoms with Gasteiger partial charge in [-0.1, -0.05) is 6.92 Å². The molecule has 0 radical (unpaired) electrons. The maximum atomic E-state index is 10.8. The van der Waals surface area contributed by atoms with E-state index in [1.165, 1.54) is 6.20 Å². The molecule has 9 heteroatoms. The Bertz CT molecular complexity index is 355. The molecule has 0 spiro atoms. The highest BCUT2D eigenvalue weighted by Gasteiger charge is 2.43. The Morgan fingerprint density at radius 2 is 1.83 bits per heavy atom. The zero-order chi connectivity index (χ0) is 17.8. The van der Waals surface area contributed by atoms with Gasteiger partial charge in [-0.15, -0.1) is 0 Å². The fourth-order valence-electron chi connectivity index (χ4n) is 2.05. The molecule has 1 fully saturated rings. The van der Waals surface area contributed by atoms with Crippen LogP contribution < -0.4 is 16.4 Å². The summed E-state index contributed by atoms with van der Waals surface area (Å²) in [7, 11) is 1.00. The van der Waals surface area contributed by atoms with Crippen LogP contribution in [0.2, 0.25) is 0 Å². The third-order valence-corrected chi connectivity index (χ3v) is 3.31. The molecule has 0 aromatic carbocycles. The van der Waals surface area contributed by atoms with Gasteiger partial charge in [0.2, 0.25) is 0 Å². The molecule has 0 aromatic rings. The lowest BCUT2D eigenvalue weighted by Crippen LogP contribution is -2.61. The second kappa shape index (κ2) is 12.2. The van der Waals surface area contributed by atoms with Gasteiger partial charge in [-0.05, 0) is 13.0 Å². The summed E-state index contributed by atoms with van der Waals surface area (Å²) in [6.07, 6.45) is -3.17. The molecule has 23 heavy (non-hydrogen) atoms. The summed E-state index contributed by atoms with van der Waals surface area (Å²) in [6, 6.07) is 0. The fraction of sp³-hybridized carbons (Fsp3) is 0.786. The first kappa shape index (κ1) is 21.8. The third-order valence-electron chi connectivity index (χ3n) is 3.31. The summed E-state index contributed by atoms with van der Waals surface area (Å²) in [5.41, 5.74) is 6.12. The largest absolute Gasteiger partial charge is 0.403 e. The number of carbonyl (C=O) groups excluding carboxylic acids is 1. The Labute approximate surface area is 136 Å². The summed E-state index contributed by atoms with van der Waals surface area (Å²) in [5.74, 6) is 0. The first-order valence-corrected chi connectivity index (χ1v) is 7.52. The topological polar surface area (TPSA) is 157 Å². The van der Waals surface area contributed by atoms with Crippen molar-refractivity contribution in [3.63, 3.8) is 0 Å². The van der Waals surface area contributed by atoms with E-state index >= 15 is 0 Å². The monoisotopic (exact) mass is 335 g/mol. The van der Waals surface area contributed by atoms with Crippen molar-refractivity contribution in [1.29, 1.82) is 0 Å². The Hall–Kier alpha value is -1.23. The average molecular weight is 335 g/mol. The van der Waals surface area contributed by atoms with Gasteiger partial charge in [0.15, 0.2) is 12.5 Å². The minimum absolute atomic E-state index is 0.392. The second-order valence-electron chi connectivity index (χ2n) is 4.97. The number of hydrogen-bond donors (Lipinski definition) is 7. The van der Waals surface area contributed by atoms with Crippen molar-refractivity contribution in [3.8, 4) is 0 Å². The van der Waals surface area contributed by atoms with Crippen LogP contribution in [-0.2, 0) is 9.53 Å². The van der Waals surface area contributed by atoms with E-state index in [0.717, 1.165) is 20.1 Å². The molecule has 0 saturated carbocycles. The summed E-state index contributed by atoms with van der Waals surface area (Å²) >= 11 is 0. The average Bonchev–Trinajstić information content (AvgIpc) is 2.59. The number of hydrogen-bond acceptors (Lipinski definition) is 9. The third kappa shape index (κ3) is 6.81. The van der Waals surface area contributed by atoms with Crippen molar-refractivity contribution in [1.82, 2.24) is 10.6 Å². The molecule has 8 N–H and O–H groups in total. The molecule has 0 aliphatic carbocycles. The van der Waals surface area contributed by atoms with E-state index in [1.807, 2.05) is 0 Å². The molecule has 5 unspecified atom stereocenters. The van der Waals surface area contributed by atoms with Crippen LogP contribution >= 0.6 is 0 Å². The van der Waals surface area contributed by atoms with Crippen LogP contribution in [0.3, 0.4) is 0 Å². The highest BCUT2D eigenvalue weighted by Crippen LogP contribution is 2.19. The van der Waals surface area contributed by atoms with Crippen LogP contribution in [0.1, 0.15) is 19.8 Å². The van der Waals surface area contributed by atoms with E-state index in [2.05, 4.69) is 17.6 Å². The van der Waals surface area contributed by atoms with E-state index in [-0.39, 0.29) is 0 Å². The lowest BCUT2D eigenvalue weighted by molar-refractivity contribution is -0.220. The highest BCUT2D eigenvalue weighted by atomic mass is 16.5. The maximum Gasteiger partial charge on any atom is 0.157 e. The number of carbonyl (C=O) groups is 1. The first-order chi connectivity index (χ1) is 11.0. The number of aldehydes is 1. The quantitative estimate of drug-likeness (QED) is 0.186. The predicted molar refractivity (Wildman–Crippen MR) is 84.1 cm³/mol. The van der Waals surface area contributed by atoms with Crippen molar-refractivity contribution in [2.24, 2.45) is 5.73 Å². The SMILES string of the molecule is CCCNCC/C(=C/N)NC1OC(C=O)C(O)C(O)C1O.CO. The molecule has 0 aromatic heterocycles. The van der Waals surface area contributed by atoms with Gasteiger partial charge in [-0.25, -0.2) is 0 Å². The van der Waals surface area contributed by atoms with Gasteiger partial charge in [-0.2, -0.15) is 0 Å². The smallest absolute Gasteiger partial charge is 0.157 e. The predicted octanol–water partition coefficient (Wildman–Crippen LogP) is -2.62. The van der Waals surface area contributed by atoms with Gasteiger partial charge < -0.3 is 46.3 Å². The number of aliphatic hydroxyl groups excluding tert-OH is 4. The number of ether oxygens (including phenoxy) is 1. The van der Waals surface area contributed by atoms with Gasteiger partial charge >= 0.3 is 0 Å². The zero-order valence-electron chi connectivity index (χ0n) is 13.6. The van der Waals surface area contributed by atoms with E-state index in [0.29, 0.717) is 24.9 Å². The number of aliphatic hydroxyl groups is 4. The van der Waals surface area contributed by atoms with Crippen LogP contribution in [0.5, 0.6) is 0 Å². The summed E-state index contributed by atoms with van der Waals surface area (Å²) in [4.78, 5) is 10.8. The van der Waals surface area contributed by atoms with E-state index in [9.17, 15) is 20.1 Å². The first-order valence-electron chi connectivity index (χ1n) is 7.52. The Morgan fingerprint density at radius 3 is 2.35 bits per heavy atom. The van der Waals surface area contributed by atoms with E-state index < -0.39 is 30.6 Å². The molecular weight excluding hydrogens is 306 g/mol.